The van der Waals surface area contributed by atoms with E-state index >= 15 is 0 Å². The molecule has 108 valence electrons. The maximum Gasteiger partial charge on any atom is 0.139 e. The zero-order valence-electron chi connectivity index (χ0n) is 11.6. The van der Waals surface area contributed by atoms with Crippen molar-refractivity contribution in [3.63, 3.8) is 0 Å². The van der Waals surface area contributed by atoms with Crippen LogP contribution in [0.3, 0.4) is 0 Å². The van der Waals surface area contributed by atoms with E-state index in [0.29, 0.717) is 35.6 Å². The van der Waals surface area contributed by atoms with Gasteiger partial charge in [0.25, 0.3) is 0 Å². The molecule has 0 amide bonds. The van der Waals surface area contributed by atoms with E-state index in [0.717, 1.165) is 6.54 Å². The molecule has 0 aliphatic carbocycles. The molecule has 1 rings (SSSR count). The van der Waals surface area contributed by atoms with Crippen LogP contribution in [0.1, 0.15) is 20.8 Å². The third-order valence-corrected chi connectivity index (χ3v) is 2.83. The van der Waals surface area contributed by atoms with Gasteiger partial charge >= 0.3 is 0 Å². The molecule has 0 spiro atoms. The van der Waals surface area contributed by atoms with E-state index in [4.69, 9.17) is 32.7 Å². The summed E-state index contributed by atoms with van der Waals surface area (Å²) in [7, 11) is 0. The van der Waals surface area contributed by atoms with E-state index in [1.165, 1.54) is 0 Å². The second kappa shape index (κ2) is 7.95. The molecule has 1 N–H and O–H groups in total. The van der Waals surface area contributed by atoms with Crippen LogP contribution in [-0.4, -0.2) is 31.9 Å². The second-order valence-corrected chi connectivity index (χ2v) is 6.06. The Kier molecular flexibility index (Phi) is 6.94. The number of rotatable bonds is 7. The van der Waals surface area contributed by atoms with Crippen LogP contribution in [0.15, 0.2) is 18.2 Å². The third kappa shape index (κ3) is 7.63. The predicted octanol–water partition coefficient (Wildman–Crippen LogP) is 3.78. The first-order valence-corrected chi connectivity index (χ1v) is 7.05. The summed E-state index contributed by atoms with van der Waals surface area (Å²) in [6.07, 6.45) is 0. The van der Waals surface area contributed by atoms with Crippen LogP contribution < -0.4 is 10.1 Å². The largest absolute Gasteiger partial charge is 0.490 e. The molecule has 3 nitrogen and oxygen atoms in total. The van der Waals surface area contributed by atoms with Crippen molar-refractivity contribution in [3.05, 3.63) is 28.2 Å². The highest BCUT2D eigenvalue weighted by Gasteiger charge is 2.07. The number of nitrogens with one attached hydrogen (secondary N) is 1. The molecule has 0 bridgehead atoms. The van der Waals surface area contributed by atoms with Gasteiger partial charge in [0.05, 0.1) is 18.2 Å². The molecule has 0 saturated carbocycles. The van der Waals surface area contributed by atoms with Crippen molar-refractivity contribution < 1.29 is 9.47 Å². The van der Waals surface area contributed by atoms with Gasteiger partial charge in [-0.05, 0) is 32.9 Å². The molecule has 0 unspecified atom stereocenters. The minimum atomic E-state index is 0.119. The van der Waals surface area contributed by atoms with E-state index in [1.54, 1.807) is 18.2 Å². The molecule has 19 heavy (non-hydrogen) atoms. The highest BCUT2D eigenvalue weighted by molar-refractivity contribution is 6.34. The lowest BCUT2D eigenvalue weighted by atomic mass is 10.1. The molecule has 1 aromatic carbocycles. The van der Waals surface area contributed by atoms with Gasteiger partial charge in [-0.2, -0.15) is 0 Å². The fraction of sp³-hybridized carbons (Fsp3) is 0.571. The Morgan fingerprint density at radius 2 is 1.84 bits per heavy atom. The standard InChI is InChI=1S/C14H21Cl2NO2/c1-14(2,3)17-6-7-18-8-9-19-13-10-11(15)4-5-12(13)16/h4-5,10,17H,6-9H2,1-3H3. The Morgan fingerprint density at radius 3 is 2.53 bits per heavy atom. The first-order valence-electron chi connectivity index (χ1n) is 6.29. The summed E-state index contributed by atoms with van der Waals surface area (Å²) in [5, 5.41) is 4.50. The topological polar surface area (TPSA) is 30.5 Å². The molecule has 0 radical (unpaired) electrons. The number of hydrogen-bond acceptors (Lipinski definition) is 3. The van der Waals surface area contributed by atoms with E-state index in [2.05, 4.69) is 26.1 Å². The highest BCUT2D eigenvalue weighted by atomic mass is 35.5. The van der Waals surface area contributed by atoms with Gasteiger partial charge in [-0.25, -0.2) is 0 Å². The van der Waals surface area contributed by atoms with Crippen molar-refractivity contribution in [2.75, 3.05) is 26.4 Å². The van der Waals surface area contributed by atoms with Crippen molar-refractivity contribution in [3.8, 4) is 5.75 Å². The zero-order valence-corrected chi connectivity index (χ0v) is 13.1. The SMILES string of the molecule is CC(C)(C)NCCOCCOc1cc(Cl)ccc1Cl. The maximum atomic E-state index is 5.97. The van der Waals surface area contributed by atoms with Crippen molar-refractivity contribution in [2.45, 2.75) is 26.3 Å². The van der Waals surface area contributed by atoms with Crippen molar-refractivity contribution in [1.82, 2.24) is 5.32 Å². The fourth-order valence-electron chi connectivity index (χ4n) is 1.40. The summed E-state index contributed by atoms with van der Waals surface area (Å²) in [6.45, 7) is 8.82. The summed E-state index contributed by atoms with van der Waals surface area (Å²) in [6, 6.07) is 5.14. The van der Waals surface area contributed by atoms with Gasteiger partial charge in [-0.15, -0.1) is 0 Å². The van der Waals surface area contributed by atoms with Crippen LogP contribution in [0.2, 0.25) is 10.0 Å². The van der Waals surface area contributed by atoms with Gasteiger partial charge in [0, 0.05) is 23.2 Å². The molecule has 0 heterocycles. The van der Waals surface area contributed by atoms with Gasteiger partial charge in [-0.3, -0.25) is 0 Å². The summed E-state index contributed by atoms with van der Waals surface area (Å²) in [5.41, 5.74) is 0.119. The molecule has 0 aliphatic rings. The van der Waals surface area contributed by atoms with E-state index in [1.807, 2.05) is 0 Å². The Morgan fingerprint density at radius 1 is 1.11 bits per heavy atom. The summed E-state index contributed by atoms with van der Waals surface area (Å²) >= 11 is 11.8. The Balaban J connectivity index is 2.12. The molecule has 0 aliphatic heterocycles. The zero-order chi connectivity index (χ0) is 14.3. The minimum Gasteiger partial charge on any atom is -0.490 e. The van der Waals surface area contributed by atoms with E-state index < -0.39 is 0 Å². The van der Waals surface area contributed by atoms with Crippen molar-refractivity contribution in [1.29, 1.82) is 0 Å². The molecular weight excluding hydrogens is 285 g/mol. The van der Waals surface area contributed by atoms with E-state index in [9.17, 15) is 0 Å². The molecular formula is C14H21Cl2NO2. The Hall–Kier alpha value is -0.480. The lowest BCUT2D eigenvalue weighted by Crippen LogP contribution is -2.38. The fourth-order valence-corrected chi connectivity index (χ4v) is 1.73. The van der Waals surface area contributed by atoms with Crippen LogP contribution >= 0.6 is 23.2 Å². The Labute approximate surface area is 125 Å². The van der Waals surface area contributed by atoms with Crippen LogP contribution in [-0.2, 0) is 4.74 Å². The average Bonchev–Trinajstić information content (AvgIpc) is 2.31. The third-order valence-electron chi connectivity index (χ3n) is 2.28. The highest BCUT2D eigenvalue weighted by Crippen LogP contribution is 2.27. The van der Waals surface area contributed by atoms with Gasteiger partial charge in [0.2, 0.25) is 0 Å². The van der Waals surface area contributed by atoms with Crippen LogP contribution in [0.5, 0.6) is 5.75 Å². The van der Waals surface area contributed by atoms with Crippen molar-refractivity contribution in [2.24, 2.45) is 0 Å². The minimum absolute atomic E-state index is 0.119. The molecule has 1 aromatic rings. The Bertz CT molecular complexity index is 392. The van der Waals surface area contributed by atoms with Gasteiger partial charge in [0.15, 0.2) is 0 Å². The summed E-state index contributed by atoms with van der Waals surface area (Å²) in [4.78, 5) is 0. The molecule has 0 aromatic heterocycles. The maximum absolute atomic E-state index is 5.97. The van der Waals surface area contributed by atoms with Crippen LogP contribution in [0.25, 0.3) is 0 Å². The summed E-state index contributed by atoms with van der Waals surface area (Å²) in [5.74, 6) is 0.589. The number of ether oxygens (including phenoxy) is 2. The molecule has 0 saturated heterocycles. The monoisotopic (exact) mass is 305 g/mol. The quantitative estimate of drug-likeness (QED) is 0.778. The van der Waals surface area contributed by atoms with E-state index in [-0.39, 0.29) is 5.54 Å². The molecule has 5 heteroatoms. The van der Waals surface area contributed by atoms with Gasteiger partial charge in [0.1, 0.15) is 12.4 Å². The number of benzene rings is 1. The second-order valence-electron chi connectivity index (χ2n) is 5.21. The van der Waals surface area contributed by atoms with Crippen molar-refractivity contribution >= 4 is 23.2 Å². The van der Waals surface area contributed by atoms with Crippen LogP contribution in [0.4, 0.5) is 0 Å². The predicted molar refractivity (Wildman–Crippen MR) is 80.5 cm³/mol. The number of halogens is 2. The van der Waals surface area contributed by atoms with Gasteiger partial charge in [-0.1, -0.05) is 23.2 Å². The molecule has 0 fully saturated rings. The normalized spacial score (nSPS) is 11.6. The molecule has 0 atom stereocenters. The first kappa shape index (κ1) is 16.6. The lowest BCUT2D eigenvalue weighted by molar-refractivity contribution is 0.0985. The van der Waals surface area contributed by atoms with Gasteiger partial charge < -0.3 is 14.8 Å². The smallest absolute Gasteiger partial charge is 0.139 e. The summed E-state index contributed by atoms with van der Waals surface area (Å²) < 4.78 is 11.0. The lowest BCUT2D eigenvalue weighted by Gasteiger charge is -2.20. The first-order chi connectivity index (χ1) is 8.88. The number of hydrogen-bond donors (Lipinski definition) is 1. The van der Waals surface area contributed by atoms with Crippen LogP contribution in [0, 0.1) is 0 Å². The average molecular weight is 306 g/mol.